The van der Waals surface area contributed by atoms with Crippen LogP contribution in [-0.2, 0) is 20.6 Å². The van der Waals surface area contributed by atoms with Crippen LogP contribution in [0.4, 0.5) is 0 Å². The Kier molecular flexibility index (Phi) is 9.42. The van der Waals surface area contributed by atoms with Gasteiger partial charge in [-0.3, -0.25) is 0 Å². The minimum atomic E-state index is -0.647. The van der Waals surface area contributed by atoms with E-state index >= 15 is 0 Å². The Hall–Kier alpha value is -1.84. The van der Waals surface area contributed by atoms with Gasteiger partial charge >= 0.3 is 0 Å². The largest absolute Gasteiger partial charge is 0.490 e. The van der Waals surface area contributed by atoms with Crippen molar-refractivity contribution in [1.29, 1.82) is 0 Å². The second kappa shape index (κ2) is 12.3. The highest BCUT2D eigenvalue weighted by Crippen LogP contribution is 2.35. The topological polar surface area (TPSA) is 95.5 Å². The van der Waals surface area contributed by atoms with E-state index < -0.39 is 6.29 Å². The van der Waals surface area contributed by atoms with Crippen molar-refractivity contribution in [1.82, 2.24) is 5.16 Å². The summed E-state index contributed by atoms with van der Waals surface area (Å²) in [5, 5.41) is 13.7. The van der Waals surface area contributed by atoms with E-state index in [-0.39, 0.29) is 13.2 Å². The summed E-state index contributed by atoms with van der Waals surface area (Å²) in [6.45, 7) is 1.79. The minimum absolute atomic E-state index is 0.0864. The third-order valence-corrected chi connectivity index (χ3v) is 5.10. The van der Waals surface area contributed by atoms with Gasteiger partial charge in [-0.25, -0.2) is 4.99 Å². The predicted molar refractivity (Wildman–Crippen MR) is 116 cm³/mol. The molecular weight excluding hydrogens is 447 g/mol. The van der Waals surface area contributed by atoms with Gasteiger partial charge in [0.1, 0.15) is 18.1 Å². The molecule has 1 aromatic carbocycles. The highest BCUT2D eigenvalue weighted by Gasteiger charge is 2.17. The molecule has 1 aromatic heterocycles. The van der Waals surface area contributed by atoms with Crippen LogP contribution >= 0.6 is 23.2 Å². The van der Waals surface area contributed by atoms with Crippen LogP contribution in [0.1, 0.15) is 42.6 Å². The highest BCUT2D eigenvalue weighted by molar-refractivity contribution is 6.37. The summed E-state index contributed by atoms with van der Waals surface area (Å²) in [5.41, 5.74) is 1.31. The Balaban J connectivity index is 1.39. The normalized spacial score (nSPS) is 14.4. The number of hydrogen-bond acceptors (Lipinski definition) is 8. The molecule has 2 heterocycles. The van der Waals surface area contributed by atoms with Gasteiger partial charge in [0.2, 0.25) is 12.2 Å². The molecule has 1 unspecified atom stereocenters. The smallest absolute Gasteiger partial charge is 0.216 e. The van der Waals surface area contributed by atoms with Gasteiger partial charge < -0.3 is 28.6 Å². The Morgan fingerprint density at radius 2 is 1.94 bits per heavy atom. The summed E-state index contributed by atoms with van der Waals surface area (Å²) >= 11 is 12.7. The van der Waals surface area contributed by atoms with Crippen molar-refractivity contribution in [3.63, 3.8) is 0 Å². The van der Waals surface area contributed by atoms with Crippen LogP contribution in [0.5, 0.6) is 5.75 Å². The van der Waals surface area contributed by atoms with Gasteiger partial charge in [0.15, 0.2) is 5.75 Å². The van der Waals surface area contributed by atoms with Gasteiger partial charge in [-0.2, -0.15) is 0 Å². The fourth-order valence-corrected chi connectivity index (χ4v) is 3.67. The highest BCUT2D eigenvalue weighted by atomic mass is 35.5. The molecule has 8 nitrogen and oxygen atoms in total. The number of aliphatic hydroxyl groups excluding tert-OH is 1. The molecule has 1 aliphatic rings. The summed E-state index contributed by atoms with van der Waals surface area (Å²) in [5.74, 6) is 1.78. The van der Waals surface area contributed by atoms with Crippen molar-refractivity contribution in [3.05, 3.63) is 45.3 Å². The maximum atomic E-state index is 8.85. The number of hydrogen-bond donors (Lipinski definition) is 1. The minimum Gasteiger partial charge on any atom is -0.490 e. The molecule has 3 rings (SSSR count). The van der Waals surface area contributed by atoms with Gasteiger partial charge in [-0.1, -0.05) is 28.4 Å². The number of halogens is 2. The fourth-order valence-electron chi connectivity index (χ4n) is 3.08. The zero-order valence-electron chi connectivity index (χ0n) is 17.3. The summed E-state index contributed by atoms with van der Waals surface area (Å²) in [7, 11) is 1.51. The molecule has 2 aromatic rings. The predicted octanol–water partition coefficient (Wildman–Crippen LogP) is 4.20. The molecule has 1 atom stereocenters. The third kappa shape index (κ3) is 6.82. The van der Waals surface area contributed by atoms with E-state index in [4.69, 9.17) is 51.8 Å². The van der Waals surface area contributed by atoms with E-state index in [9.17, 15) is 0 Å². The molecule has 1 aliphatic heterocycles. The molecule has 1 N–H and O–H groups in total. The van der Waals surface area contributed by atoms with Crippen LogP contribution in [0.15, 0.2) is 27.7 Å². The first-order valence-corrected chi connectivity index (χ1v) is 10.9. The van der Waals surface area contributed by atoms with Gasteiger partial charge in [0, 0.05) is 25.2 Å². The van der Waals surface area contributed by atoms with Crippen molar-refractivity contribution in [2.45, 2.75) is 32.0 Å². The monoisotopic (exact) mass is 472 g/mol. The lowest BCUT2D eigenvalue weighted by molar-refractivity contribution is -0.137. The zero-order valence-corrected chi connectivity index (χ0v) is 18.8. The summed E-state index contributed by atoms with van der Waals surface area (Å²) in [6, 6.07) is 5.32. The van der Waals surface area contributed by atoms with E-state index in [2.05, 4.69) is 10.1 Å². The van der Waals surface area contributed by atoms with Crippen molar-refractivity contribution in [2.24, 2.45) is 4.99 Å². The fraction of sp³-hybridized carbons (Fsp3) is 0.524. The van der Waals surface area contributed by atoms with Crippen molar-refractivity contribution >= 4 is 29.1 Å². The van der Waals surface area contributed by atoms with E-state index in [1.807, 2.05) is 6.07 Å². The van der Waals surface area contributed by atoms with E-state index in [0.29, 0.717) is 47.1 Å². The number of ether oxygens (including phenoxy) is 4. The Morgan fingerprint density at radius 3 is 2.61 bits per heavy atom. The Morgan fingerprint density at radius 1 is 1.13 bits per heavy atom. The SMILES string of the molecule is COC(OCCO)c1cc(CCCCCOc2c(Cl)cc(C3=NCCO3)cc2Cl)on1. The molecule has 0 saturated carbocycles. The number of methoxy groups -OCH3 is 1. The van der Waals surface area contributed by atoms with Crippen molar-refractivity contribution in [2.75, 3.05) is 40.1 Å². The first-order chi connectivity index (χ1) is 15.1. The van der Waals surface area contributed by atoms with Crippen LogP contribution in [0.3, 0.4) is 0 Å². The van der Waals surface area contributed by atoms with Crippen molar-refractivity contribution < 1.29 is 28.6 Å². The summed E-state index contributed by atoms with van der Waals surface area (Å²) < 4.78 is 27.1. The second-order valence-corrected chi connectivity index (χ2v) is 7.66. The number of rotatable bonds is 13. The molecule has 0 amide bonds. The van der Waals surface area contributed by atoms with E-state index in [1.165, 1.54) is 7.11 Å². The molecule has 31 heavy (non-hydrogen) atoms. The van der Waals surface area contributed by atoms with Crippen LogP contribution in [-0.4, -0.2) is 56.2 Å². The lowest BCUT2D eigenvalue weighted by Gasteiger charge is -2.12. The number of nitrogens with zero attached hydrogens (tertiary/aromatic N) is 2. The zero-order chi connectivity index (χ0) is 22.1. The maximum Gasteiger partial charge on any atom is 0.216 e. The first kappa shape index (κ1) is 23.8. The Labute approximate surface area is 191 Å². The Bertz CT molecular complexity index is 850. The number of aliphatic imine (C=N–C) groups is 1. The van der Waals surface area contributed by atoms with Gasteiger partial charge in [0.05, 0.1) is 36.4 Å². The molecule has 0 spiro atoms. The van der Waals surface area contributed by atoms with E-state index in [0.717, 1.165) is 37.0 Å². The molecule has 0 fully saturated rings. The average molecular weight is 473 g/mol. The molecule has 0 aliphatic carbocycles. The quantitative estimate of drug-likeness (QED) is 0.344. The molecule has 0 saturated heterocycles. The first-order valence-electron chi connectivity index (χ1n) is 10.1. The lowest BCUT2D eigenvalue weighted by atomic mass is 10.1. The van der Waals surface area contributed by atoms with Gasteiger partial charge in [0.25, 0.3) is 0 Å². The number of benzene rings is 1. The molecule has 10 heteroatoms. The lowest BCUT2D eigenvalue weighted by Crippen LogP contribution is -2.10. The van der Waals surface area contributed by atoms with Crippen LogP contribution < -0.4 is 4.74 Å². The summed E-state index contributed by atoms with van der Waals surface area (Å²) in [6.07, 6.45) is 2.77. The standard InChI is InChI=1S/C21H26Cl2N2O6/c1-27-21(30-10-7-26)18-13-15(31-25-18)5-3-2-4-8-28-19-16(22)11-14(12-17(19)23)20-24-6-9-29-20/h11-13,21,26H,2-10H2,1H3. The van der Waals surface area contributed by atoms with Crippen LogP contribution in [0, 0.1) is 0 Å². The number of unbranched alkanes of at least 4 members (excludes halogenated alkanes) is 2. The molecule has 170 valence electrons. The van der Waals surface area contributed by atoms with Gasteiger partial charge in [-0.15, -0.1) is 0 Å². The van der Waals surface area contributed by atoms with Crippen LogP contribution in [0.2, 0.25) is 10.0 Å². The number of aryl methyl sites for hydroxylation is 1. The molecule has 0 radical (unpaired) electrons. The summed E-state index contributed by atoms with van der Waals surface area (Å²) in [4.78, 5) is 4.27. The molecular formula is C21H26Cl2N2O6. The van der Waals surface area contributed by atoms with E-state index in [1.54, 1.807) is 12.1 Å². The second-order valence-electron chi connectivity index (χ2n) is 6.84. The maximum absolute atomic E-state index is 8.85. The molecule has 0 bridgehead atoms. The van der Waals surface area contributed by atoms with Crippen molar-refractivity contribution in [3.8, 4) is 5.75 Å². The average Bonchev–Trinajstić information content (AvgIpc) is 3.45. The van der Waals surface area contributed by atoms with Crippen LogP contribution in [0.25, 0.3) is 0 Å². The number of aliphatic hydroxyl groups is 1. The number of aromatic nitrogens is 1. The van der Waals surface area contributed by atoms with Gasteiger partial charge in [-0.05, 0) is 31.4 Å². The third-order valence-electron chi connectivity index (χ3n) is 4.54.